The molecular weight excluding hydrogens is 523 g/mol. The van der Waals surface area contributed by atoms with Crippen molar-refractivity contribution in [1.82, 2.24) is 19.7 Å². The molecule has 3 rings (SSSR count). The van der Waals surface area contributed by atoms with E-state index >= 15 is 0 Å². The van der Waals surface area contributed by atoms with Crippen LogP contribution in [-0.4, -0.2) is 78.7 Å². The van der Waals surface area contributed by atoms with E-state index < -0.39 is 29.8 Å². The van der Waals surface area contributed by atoms with Crippen LogP contribution in [0.4, 0.5) is 24.5 Å². The van der Waals surface area contributed by atoms with E-state index in [0.29, 0.717) is 11.4 Å². The molecule has 2 amide bonds. The molecule has 204 valence electrons. The summed E-state index contributed by atoms with van der Waals surface area (Å²) in [5.41, 5.74) is 0.0323. The normalized spacial score (nSPS) is 16.1. The molecule has 14 heteroatoms. The van der Waals surface area contributed by atoms with Crippen LogP contribution >= 0.6 is 11.3 Å². The van der Waals surface area contributed by atoms with Crippen LogP contribution in [0.5, 0.6) is 0 Å². The second kappa shape index (κ2) is 12.7. The molecule has 1 aromatic heterocycles. The predicted octanol–water partition coefficient (Wildman–Crippen LogP) is 0.318. The van der Waals surface area contributed by atoms with Gasteiger partial charge < -0.3 is 20.9 Å². The van der Waals surface area contributed by atoms with E-state index in [1.54, 1.807) is 42.6 Å². The first-order valence-electron chi connectivity index (χ1n) is 11.8. The number of hydrogen-bond acceptors (Lipinski definition) is 8. The minimum Gasteiger partial charge on any atom is -0.360 e. The highest BCUT2D eigenvalue weighted by Crippen LogP contribution is 2.15. The number of halogens is 3. The SMILES string of the molecule is CCn1c(=C(C#N)C(=O)NCC(F)(F)F)sc(=CNc2cccc(NC(=O)CN3CCN(C)CC3)c2)c1=O. The van der Waals surface area contributed by atoms with Gasteiger partial charge in [-0.25, -0.2) is 0 Å². The van der Waals surface area contributed by atoms with Gasteiger partial charge in [-0.3, -0.25) is 23.9 Å². The van der Waals surface area contributed by atoms with Crippen LogP contribution in [0.25, 0.3) is 11.8 Å². The van der Waals surface area contributed by atoms with Crippen molar-refractivity contribution in [3.63, 3.8) is 0 Å². The van der Waals surface area contributed by atoms with Gasteiger partial charge in [-0.1, -0.05) is 6.07 Å². The largest absolute Gasteiger partial charge is 0.405 e. The monoisotopic (exact) mass is 551 g/mol. The van der Waals surface area contributed by atoms with Crippen molar-refractivity contribution in [1.29, 1.82) is 5.26 Å². The number of alkyl halides is 3. The first-order valence-corrected chi connectivity index (χ1v) is 12.6. The van der Waals surface area contributed by atoms with Crippen LogP contribution in [0.15, 0.2) is 29.1 Å². The Hall–Kier alpha value is -3.67. The lowest BCUT2D eigenvalue weighted by Gasteiger charge is -2.31. The number of anilines is 2. The predicted molar refractivity (Wildman–Crippen MR) is 139 cm³/mol. The summed E-state index contributed by atoms with van der Waals surface area (Å²) in [5, 5.41) is 16.9. The maximum atomic E-state index is 12.8. The number of likely N-dealkylation sites (N-methyl/N-ethyl adjacent to an activating group) is 1. The van der Waals surface area contributed by atoms with Crippen LogP contribution in [0.2, 0.25) is 0 Å². The zero-order chi connectivity index (χ0) is 27.9. The fraction of sp³-hybridized carbons (Fsp3) is 0.417. The van der Waals surface area contributed by atoms with E-state index in [4.69, 9.17) is 0 Å². The number of hydrogen-bond donors (Lipinski definition) is 3. The quantitative estimate of drug-likeness (QED) is 0.432. The van der Waals surface area contributed by atoms with Gasteiger partial charge in [0.2, 0.25) is 5.91 Å². The van der Waals surface area contributed by atoms with E-state index in [-0.39, 0.29) is 28.2 Å². The summed E-state index contributed by atoms with van der Waals surface area (Å²) in [6.45, 7) is 3.83. The number of benzene rings is 1. The molecule has 0 spiro atoms. The maximum absolute atomic E-state index is 12.8. The highest BCUT2D eigenvalue weighted by molar-refractivity contribution is 7.07. The minimum atomic E-state index is -4.64. The number of nitrogens with zero attached hydrogens (tertiary/aromatic N) is 4. The number of rotatable bonds is 8. The summed E-state index contributed by atoms with van der Waals surface area (Å²) in [4.78, 5) is 41.8. The number of nitriles is 1. The maximum Gasteiger partial charge on any atom is 0.405 e. The van der Waals surface area contributed by atoms with Crippen molar-refractivity contribution >= 4 is 46.3 Å². The second-order valence-electron chi connectivity index (χ2n) is 8.60. The summed E-state index contributed by atoms with van der Waals surface area (Å²) in [7, 11) is 2.04. The Kier molecular flexibility index (Phi) is 9.67. The average Bonchev–Trinajstić information content (AvgIpc) is 3.18. The van der Waals surface area contributed by atoms with E-state index in [0.717, 1.165) is 42.1 Å². The number of amides is 2. The van der Waals surface area contributed by atoms with Crippen LogP contribution in [0, 0.1) is 11.3 Å². The molecule has 0 radical (unpaired) electrons. The second-order valence-corrected chi connectivity index (χ2v) is 9.63. The molecule has 0 aliphatic carbocycles. The molecule has 0 unspecified atom stereocenters. The number of piperazine rings is 1. The van der Waals surface area contributed by atoms with Gasteiger partial charge in [0.25, 0.3) is 11.5 Å². The van der Waals surface area contributed by atoms with Gasteiger partial charge in [0.05, 0.1) is 6.54 Å². The molecule has 2 aromatic rings. The lowest BCUT2D eigenvalue weighted by atomic mass is 10.2. The zero-order valence-electron chi connectivity index (χ0n) is 20.9. The summed E-state index contributed by atoms with van der Waals surface area (Å²) < 4.78 is 38.7. The van der Waals surface area contributed by atoms with Gasteiger partial charge in [-0.15, -0.1) is 11.3 Å². The summed E-state index contributed by atoms with van der Waals surface area (Å²) in [6, 6.07) is 8.46. The highest BCUT2D eigenvalue weighted by Gasteiger charge is 2.29. The Morgan fingerprint density at radius 1 is 1.18 bits per heavy atom. The lowest BCUT2D eigenvalue weighted by molar-refractivity contribution is -0.135. The van der Waals surface area contributed by atoms with E-state index in [1.807, 2.05) is 7.05 Å². The molecule has 3 N–H and O–H groups in total. The smallest absolute Gasteiger partial charge is 0.360 e. The molecule has 0 saturated carbocycles. The third kappa shape index (κ3) is 7.91. The molecule has 0 bridgehead atoms. The Bertz CT molecular complexity index is 1390. The average molecular weight is 552 g/mol. The number of carbonyl (C=O) groups excluding carboxylic acids is 2. The molecule has 2 heterocycles. The van der Waals surface area contributed by atoms with Gasteiger partial charge >= 0.3 is 6.18 Å². The van der Waals surface area contributed by atoms with Gasteiger partial charge in [-0.2, -0.15) is 18.4 Å². The topological polar surface area (TPSA) is 122 Å². The molecule has 1 fully saturated rings. The van der Waals surface area contributed by atoms with Gasteiger partial charge in [0.15, 0.2) is 5.57 Å². The molecule has 0 atom stereocenters. The number of carbonyl (C=O) groups is 2. The molecule has 1 aromatic carbocycles. The third-order valence-corrected chi connectivity index (χ3v) is 6.84. The molecule has 1 aliphatic heterocycles. The number of nitrogens with one attached hydrogen (secondary N) is 3. The molecule has 1 saturated heterocycles. The molecule has 10 nitrogen and oxygen atoms in total. The van der Waals surface area contributed by atoms with Crippen molar-refractivity contribution in [2.45, 2.75) is 19.6 Å². The Morgan fingerprint density at radius 2 is 1.87 bits per heavy atom. The van der Waals surface area contributed by atoms with Crippen molar-refractivity contribution < 1.29 is 22.8 Å². The van der Waals surface area contributed by atoms with Crippen molar-refractivity contribution in [2.75, 3.05) is 56.9 Å². The van der Waals surface area contributed by atoms with Crippen LogP contribution < -0.4 is 30.7 Å². The molecule has 38 heavy (non-hydrogen) atoms. The summed E-state index contributed by atoms with van der Waals surface area (Å²) >= 11 is 0.811. The Balaban J connectivity index is 1.77. The molecular formula is C24H28F3N7O3S. The van der Waals surface area contributed by atoms with Crippen LogP contribution in [0.3, 0.4) is 0 Å². The fourth-order valence-corrected chi connectivity index (χ4v) is 4.79. The van der Waals surface area contributed by atoms with Gasteiger partial charge in [0.1, 0.15) is 21.8 Å². The van der Waals surface area contributed by atoms with Crippen molar-refractivity contribution in [2.24, 2.45) is 0 Å². The van der Waals surface area contributed by atoms with E-state index in [2.05, 4.69) is 20.4 Å². The number of aromatic nitrogens is 1. The minimum absolute atomic E-state index is 0.0438. The van der Waals surface area contributed by atoms with Gasteiger partial charge in [-0.05, 0) is 32.2 Å². The summed E-state index contributed by atoms with van der Waals surface area (Å²) in [6.07, 6.45) is -3.26. The lowest BCUT2D eigenvalue weighted by Crippen LogP contribution is -2.47. The third-order valence-electron chi connectivity index (χ3n) is 5.71. The Labute approximate surface area is 220 Å². The van der Waals surface area contributed by atoms with Crippen molar-refractivity contribution in [3.05, 3.63) is 43.8 Å². The van der Waals surface area contributed by atoms with E-state index in [9.17, 15) is 32.8 Å². The van der Waals surface area contributed by atoms with Crippen LogP contribution in [-0.2, 0) is 16.1 Å². The first kappa shape index (κ1) is 28.9. The standard InChI is InChI=1S/C24H28F3N7O3S/c1-3-34-22(37)19(38-23(34)18(12-28)21(36)30-15-24(25,26)27)13-29-16-5-4-6-17(11-16)31-20(35)14-33-9-7-32(2)8-10-33/h4-6,11,13,29H,3,7-10,14-15H2,1-2H3,(H,30,36)(H,31,35). The van der Waals surface area contributed by atoms with E-state index in [1.165, 1.54) is 6.20 Å². The van der Waals surface area contributed by atoms with Crippen molar-refractivity contribution in [3.8, 4) is 6.07 Å². The highest BCUT2D eigenvalue weighted by atomic mass is 32.1. The van der Waals surface area contributed by atoms with Gasteiger partial charge in [0, 0.05) is 50.3 Å². The summed E-state index contributed by atoms with van der Waals surface area (Å²) in [5.74, 6) is -1.36. The Morgan fingerprint density at radius 3 is 2.50 bits per heavy atom. The zero-order valence-corrected chi connectivity index (χ0v) is 21.7. The first-order chi connectivity index (χ1) is 18.0. The number of thiazole rings is 1. The van der Waals surface area contributed by atoms with Crippen LogP contribution in [0.1, 0.15) is 6.92 Å². The fourth-order valence-electron chi connectivity index (χ4n) is 3.70. The molecule has 1 aliphatic rings.